The first-order valence-electron chi connectivity index (χ1n) is 8.47. The lowest BCUT2D eigenvalue weighted by Gasteiger charge is -2.38. The molecule has 1 heterocycles. The number of non-ortho nitro benzene ring substituents is 1. The van der Waals surface area contributed by atoms with E-state index in [1.165, 1.54) is 6.07 Å². The zero-order valence-corrected chi connectivity index (χ0v) is 14.9. The Morgan fingerprint density at radius 3 is 2.77 bits per heavy atom. The van der Waals surface area contributed by atoms with Gasteiger partial charge in [0.1, 0.15) is 0 Å². The van der Waals surface area contributed by atoms with E-state index in [1.807, 2.05) is 12.1 Å². The van der Waals surface area contributed by atoms with Crippen LogP contribution in [0.1, 0.15) is 46.8 Å². The van der Waals surface area contributed by atoms with Gasteiger partial charge in [-0.1, -0.05) is 23.8 Å². The molecule has 132 valence electrons. The maximum absolute atomic E-state index is 11.7. The first-order chi connectivity index (χ1) is 12.5. The maximum atomic E-state index is 11.7. The van der Waals surface area contributed by atoms with Crippen LogP contribution in [0.5, 0.6) is 0 Å². The number of halogens is 1. The third-order valence-electron chi connectivity index (χ3n) is 5.29. The summed E-state index contributed by atoms with van der Waals surface area (Å²) in [5, 5.41) is 15.2. The van der Waals surface area contributed by atoms with Gasteiger partial charge in [-0.2, -0.15) is 0 Å². The fourth-order valence-electron chi connectivity index (χ4n) is 4.00. The second kappa shape index (κ2) is 6.25. The molecule has 2 aromatic carbocycles. The summed E-state index contributed by atoms with van der Waals surface area (Å²) in [4.78, 5) is 22.5. The molecule has 0 spiro atoms. The van der Waals surface area contributed by atoms with Gasteiger partial charge in [0.2, 0.25) is 0 Å². The number of benzene rings is 2. The molecule has 4 rings (SSSR count). The third-order valence-corrected chi connectivity index (χ3v) is 5.64. The summed E-state index contributed by atoms with van der Waals surface area (Å²) >= 11 is 6.39. The summed E-state index contributed by atoms with van der Waals surface area (Å²) in [6.45, 7) is 1.56. The van der Waals surface area contributed by atoms with Crippen molar-refractivity contribution in [2.24, 2.45) is 5.92 Å². The van der Waals surface area contributed by atoms with Gasteiger partial charge in [0.25, 0.3) is 5.69 Å². The molecular weight excluding hydrogens is 352 g/mol. The van der Waals surface area contributed by atoms with E-state index in [-0.39, 0.29) is 29.3 Å². The van der Waals surface area contributed by atoms with Crippen LogP contribution < -0.4 is 5.32 Å². The smallest absolute Gasteiger partial charge is 0.269 e. The van der Waals surface area contributed by atoms with Crippen LogP contribution in [0.25, 0.3) is 0 Å². The Kier molecular flexibility index (Phi) is 4.04. The maximum Gasteiger partial charge on any atom is 0.269 e. The molecule has 0 radical (unpaired) electrons. The second-order valence-corrected chi connectivity index (χ2v) is 7.20. The van der Waals surface area contributed by atoms with Gasteiger partial charge in [0.05, 0.1) is 11.0 Å². The Labute approximate surface area is 155 Å². The quantitative estimate of drug-likeness (QED) is 0.346. The van der Waals surface area contributed by atoms with Crippen molar-refractivity contribution in [3.63, 3.8) is 0 Å². The van der Waals surface area contributed by atoms with E-state index in [2.05, 4.69) is 17.5 Å². The molecule has 3 unspecified atom stereocenters. The predicted octanol–water partition coefficient (Wildman–Crippen LogP) is 5.28. The van der Waals surface area contributed by atoms with Crippen LogP contribution in [0, 0.1) is 16.0 Å². The van der Waals surface area contributed by atoms with Gasteiger partial charge in [-0.25, -0.2) is 0 Å². The molecule has 1 N–H and O–H groups in total. The Bertz CT molecular complexity index is 954. The number of nitrogens with zero attached hydrogens (tertiary/aromatic N) is 1. The molecule has 0 saturated heterocycles. The Hall–Kier alpha value is -2.66. The second-order valence-electron chi connectivity index (χ2n) is 6.80. The summed E-state index contributed by atoms with van der Waals surface area (Å²) in [7, 11) is 0. The van der Waals surface area contributed by atoms with Gasteiger partial charge in [0.15, 0.2) is 5.78 Å². The summed E-state index contributed by atoms with van der Waals surface area (Å²) in [5.74, 6) is 0.394. The standard InChI is InChI=1S/C20H17ClN2O3/c1-11(24)12-5-8-19-16(9-12)14-3-2-4-15(14)20(22-19)17-10-13(23(25)26)6-7-18(17)21/h2-3,5-10,14-15,20,22H,4H2,1H3. The number of anilines is 1. The molecule has 0 saturated carbocycles. The van der Waals surface area contributed by atoms with E-state index < -0.39 is 4.92 Å². The highest BCUT2D eigenvalue weighted by Crippen LogP contribution is 2.51. The lowest BCUT2D eigenvalue weighted by Crippen LogP contribution is -2.29. The highest BCUT2D eigenvalue weighted by atomic mass is 35.5. The lowest BCUT2D eigenvalue weighted by molar-refractivity contribution is -0.384. The Morgan fingerprint density at radius 1 is 1.23 bits per heavy atom. The number of allylic oxidation sites excluding steroid dienone is 2. The van der Waals surface area contributed by atoms with Gasteiger partial charge in [-0.3, -0.25) is 14.9 Å². The van der Waals surface area contributed by atoms with Gasteiger partial charge in [-0.05, 0) is 49.1 Å². The average Bonchev–Trinajstić information content (AvgIpc) is 3.11. The minimum absolute atomic E-state index is 0.0337. The van der Waals surface area contributed by atoms with Crippen molar-refractivity contribution in [2.45, 2.75) is 25.3 Å². The van der Waals surface area contributed by atoms with Crippen LogP contribution in [0.15, 0.2) is 48.6 Å². The number of nitrogens with one attached hydrogen (secondary N) is 1. The van der Waals surface area contributed by atoms with E-state index in [1.54, 1.807) is 25.1 Å². The molecule has 3 atom stereocenters. The zero-order valence-electron chi connectivity index (χ0n) is 14.1. The van der Waals surface area contributed by atoms with E-state index in [0.717, 1.165) is 23.2 Å². The van der Waals surface area contributed by atoms with E-state index in [0.29, 0.717) is 10.6 Å². The average molecular weight is 369 g/mol. The van der Waals surface area contributed by atoms with Crippen molar-refractivity contribution in [1.29, 1.82) is 0 Å². The summed E-state index contributed by atoms with van der Waals surface area (Å²) in [6, 6.07) is 10.1. The van der Waals surface area contributed by atoms with Crippen molar-refractivity contribution in [2.75, 3.05) is 5.32 Å². The van der Waals surface area contributed by atoms with Crippen LogP contribution in [0.2, 0.25) is 5.02 Å². The number of fused-ring (bicyclic) bond motifs is 3. The summed E-state index contributed by atoms with van der Waals surface area (Å²) in [6.07, 6.45) is 5.14. The number of nitro groups is 1. The molecule has 1 aliphatic carbocycles. The topological polar surface area (TPSA) is 72.2 Å². The fraction of sp³-hybridized carbons (Fsp3) is 0.250. The summed E-state index contributed by atoms with van der Waals surface area (Å²) < 4.78 is 0. The molecule has 0 bridgehead atoms. The predicted molar refractivity (Wildman–Crippen MR) is 101 cm³/mol. The van der Waals surface area contributed by atoms with Gasteiger partial charge < -0.3 is 5.32 Å². The Balaban J connectivity index is 1.80. The van der Waals surface area contributed by atoms with Crippen molar-refractivity contribution in [3.05, 3.63) is 80.4 Å². The van der Waals surface area contributed by atoms with Crippen LogP contribution in [0.3, 0.4) is 0 Å². The van der Waals surface area contributed by atoms with Crippen LogP contribution in [0.4, 0.5) is 11.4 Å². The first kappa shape index (κ1) is 16.8. The molecule has 2 aliphatic rings. The SMILES string of the molecule is CC(=O)c1ccc2c(c1)C1C=CCC1C(c1cc([N+](=O)[O-])ccc1Cl)N2. The number of ketones is 1. The normalized spacial score (nSPS) is 23.1. The number of nitro benzene ring substituents is 1. The van der Waals surface area contributed by atoms with Crippen LogP contribution in [-0.2, 0) is 0 Å². The molecular formula is C20H17ClN2O3. The monoisotopic (exact) mass is 368 g/mol. The fourth-order valence-corrected chi connectivity index (χ4v) is 4.24. The molecule has 0 fully saturated rings. The van der Waals surface area contributed by atoms with E-state index >= 15 is 0 Å². The number of hydrogen-bond donors (Lipinski definition) is 1. The largest absolute Gasteiger partial charge is 0.378 e. The molecule has 0 amide bonds. The Morgan fingerprint density at radius 2 is 2.04 bits per heavy atom. The molecule has 26 heavy (non-hydrogen) atoms. The number of Topliss-reactive ketones (excluding diaryl/α,β-unsaturated/α-hetero) is 1. The number of hydrogen-bond acceptors (Lipinski definition) is 4. The molecule has 1 aliphatic heterocycles. The van der Waals surface area contributed by atoms with E-state index in [4.69, 9.17) is 11.6 Å². The highest BCUT2D eigenvalue weighted by Gasteiger charge is 2.39. The van der Waals surface area contributed by atoms with Crippen LogP contribution in [-0.4, -0.2) is 10.7 Å². The molecule has 5 nitrogen and oxygen atoms in total. The van der Waals surface area contributed by atoms with Gasteiger partial charge >= 0.3 is 0 Å². The van der Waals surface area contributed by atoms with Gasteiger partial charge in [-0.15, -0.1) is 0 Å². The van der Waals surface area contributed by atoms with Gasteiger partial charge in [0, 0.05) is 39.9 Å². The van der Waals surface area contributed by atoms with Crippen molar-refractivity contribution in [1.82, 2.24) is 0 Å². The zero-order chi connectivity index (χ0) is 18.4. The van der Waals surface area contributed by atoms with Crippen molar-refractivity contribution < 1.29 is 9.72 Å². The number of rotatable bonds is 3. The third kappa shape index (κ3) is 2.69. The molecule has 6 heteroatoms. The van der Waals surface area contributed by atoms with Crippen molar-refractivity contribution in [3.8, 4) is 0 Å². The van der Waals surface area contributed by atoms with Crippen molar-refractivity contribution >= 4 is 28.8 Å². The first-order valence-corrected chi connectivity index (χ1v) is 8.85. The molecule has 0 aromatic heterocycles. The number of carbonyl (C=O) groups excluding carboxylic acids is 1. The highest BCUT2D eigenvalue weighted by molar-refractivity contribution is 6.31. The minimum atomic E-state index is -0.403. The minimum Gasteiger partial charge on any atom is -0.378 e. The molecule has 2 aromatic rings. The van der Waals surface area contributed by atoms with Crippen LogP contribution >= 0.6 is 11.6 Å². The number of carbonyl (C=O) groups is 1. The summed E-state index contributed by atoms with van der Waals surface area (Å²) in [5.41, 5.74) is 3.49. The lowest BCUT2D eigenvalue weighted by atomic mass is 9.76. The van der Waals surface area contributed by atoms with E-state index in [9.17, 15) is 14.9 Å².